The number of benzene rings is 2. The summed E-state index contributed by atoms with van der Waals surface area (Å²) in [6.45, 7) is 0. The highest BCUT2D eigenvalue weighted by atomic mass is 33.1. The van der Waals surface area contributed by atoms with Gasteiger partial charge in [-0.15, -0.1) is 5.06 Å². The van der Waals surface area contributed by atoms with Gasteiger partial charge in [-0.3, -0.25) is 19.2 Å². The van der Waals surface area contributed by atoms with E-state index in [9.17, 15) is 33.9 Å². The molecule has 37 heavy (non-hydrogen) atoms. The number of aliphatic carboxylic acids is 1. The summed E-state index contributed by atoms with van der Waals surface area (Å²) in [7, 11) is 2.11. The van der Waals surface area contributed by atoms with E-state index in [1.54, 1.807) is 60.7 Å². The molecule has 1 aliphatic rings. The van der Waals surface area contributed by atoms with Gasteiger partial charge in [0.05, 0.1) is 0 Å². The van der Waals surface area contributed by atoms with Gasteiger partial charge in [0.1, 0.15) is 12.1 Å². The van der Waals surface area contributed by atoms with Gasteiger partial charge in [-0.25, -0.2) is 9.59 Å². The van der Waals surface area contributed by atoms with Gasteiger partial charge in [-0.2, -0.15) is 0 Å². The molecule has 0 radical (unpaired) electrons. The van der Waals surface area contributed by atoms with Crippen LogP contribution in [0.2, 0.25) is 0 Å². The van der Waals surface area contributed by atoms with Gasteiger partial charge >= 0.3 is 11.9 Å². The fraction of sp³-hybridized carbons (Fsp3) is 0.250. The summed E-state index contributed by atoms with van der Waals surface area (Å²) in [4.78, 5) is 77.9. The molecular weight excluding hydrogens is 522 g/mol. The number of nitrogens with zero attached hydrogens (tertiary/aromatic N) is 1. The fourth-order valence-corrected chi connectivity index (χ4v) is 5.35. The number of hydroxylamine groups is 2. The van der Waals surface area contributed by atoms with Crippen molar-refractivity contribution in [1.29, 1.82) is 0 Å². The predicted octanol–water partition coefficient (Wildman–Crippen LogP) is 1.66. The van der Waals surface area contributed by atoms with Gasteiger partial charge in [-0.1, -0.05) is 58.0 Å². The van der Waals surface area contributed by atoms with Gasteiger partial charge in [0.2, 0.25) is 0 Å². The molecule has 3 rings (SSSR count). The number of amides is 4. The molecule has 2 atom stereocenters. The average molecular weight is 546 g/mol. The number of hydrogen-bond donors (Lipinski definition) is 3. The largest absolute Gasteiger partial charge is 0.480 e. The molecule has 13 heteroatoms. The van der Waals surface area contributed by atoms with Crippen molar-refractivity contribution in [1.82, 2.24) is 15.7 Å². The number of carboxylic acid groups (broad SMARTS) is 1. The van der Waals surface area contributed by atoms with Gasteiger partial charge < -0.3 is 20.6 Å². The summed E-state index contributed by atoms with van der Waals surface area (Å²) < 4.78 is 0. The van der Waals surface area contributed by atoms with Crippen molar-refractivity contribution in [2.24, 2.45) is 0 Å². The minimum Gasteiger partial charge on any atom is -0.480 e. The zero-order chi connectivity index (χ0) is 26.8. The second-order valence-corrected chi connectivity index (χ2v) is 10.2. The zero-order valence-corrected chi connectivity index (χ0v) is 21.0. The maximum absolute atomic E-state index is 12.7. The van der Waals surface area contributed by atoms with E-state index in [-0.39, 0.29) is 29.9 Å². The molecule has 2 aromatic carbocycles. The quantitative estimate of drug-likeness (QED) is 0.203. The van der Waals surface area contributed by atoms with Gasteiger partial charge in [0.25, 0.3) is 23.6 Å². The van der Waals surface area contributed by atoms with Crippen LogP contribution in [0.4, 0.5) is 0 Å². The van der Waals surface area contributed by atoms with E-state index < -0.39 is 47.7 Å². The van der Waals surface area contributed by atoms with E-state index in [0.29, 0.717) is 10.6 Å². The average Bonchev–Trinajstić information content (AvgIpc) is 3.22. The van der Waals surface area contributed by atoms with E-state index in [4.69, 9.17) is 4.84 Å². The highest BCUT2D eigenvalue weighted by Crippen LogP contribution is 2.24. The lowest BCUT2D eigenvalue weighted by Gasteiger charge is -2.20. The van der Waals surface area contributed by atoms with Crippen LogP contribution in [0.5, 0.6) is 0 Å². The molecule has 0 bridgehead atoms. The summed E-state index contributed by atoms with van der Waals surface area (Å²) in [6.07, 6.45) is -0.161. The Morgan fingerprint density at radius 2 is 1.22 bits per heavy atom. The molecular formula is C24H23N3O8S2. The molecule has 1 heterocycles. The number of hydrogen-bond acceptors (Lipinski definition) is 9. The van der Waals surface area contributed by atoms with Gasteiger partial charge in [0, 0.05) is 35.5 Å². The van der Waals surface area contributed by atoms with Crippen LogP contribution in [0.3, 0.4) is 0 Å². The van der Waals surface area contributed by atoms with Crippen LogP contribution >= 0.6 is 21.6 Å². The fourth-order valence-electron chi connectivity index (χ4n) is 3.05. The molecule has 2 aromatic rings. The van der Waals surface area contributed by atoms with Crippen molar-refractivity contribution in [3.8, 4) is 0 Å². The Kier molecular flexibility index (Phi) is 10.1. The van der Waals surface area contributed by atoms with E-state index in [2.05, 4.69) is 10.6 Å². The molecule has 0 spiro atoms. The molecule has 4 amide bonds. The maximum atomic E-state index is 12.7. The predicted molar refractivity (Wildman–Crippen MR) is 135 cm³/mol. The highest BCUT2D eigenvalue weighted by Gasteiger charge is 2.35. The summed E-state index contributed by atoms with van der Waals surface area (Å²) in [6, 6.07) is 13.8. The summed E-state index contributed by atoms with van der Waals surface area (Å²) in [5.74, 6) is -4.82. The molecule has 11 nitrogen and oxygen atoms in total. The normalized spacial score (nSPS) is 14.5. The topological polar surface area (TPSA) is 159 Å². The zero-order valence-electron chi connectivity index (χ0n) is 19.3. The first-order chi connectivity index (χ1) is 17.8. The van der Waals surface area contributed by atoms with E-state index in [0.717, 1.165) is 21.6 Å². The van der Waals surface area contributed by atoms with Crippen molar-refractivity contribution in [2.45, 2.75) is 24.9 Å². The van der Waals surface area contributed by atoms with Crippen LogP contribution in [-0.2, 0) is 24.0 Å². The van der Waals surface area contributed by atoms with Crippen molar-refractivity contribution in [3.05, 3.63) is 71.8 Å². The molecule has 0 aromatic heterocycles. The summed E-state index contributed by atoms with van der Waals surface area (Å²) >= 11 is 0. The Morgan fingerprint density at radius 3 is 1.68 bits per heavy atom. The van der Waals surface area contributed by atoms with Gasteiger partial charge in [0.15, 0.2) is 0 Å². The Balaban J connectivity index is 1.59. The summed E-state index contributed by atoms with van der Waals surface area (Å²) in [5.41, 5.74) is 0.588. The Labute approximate surface area is 219 Å². The molecule has 1 fully saturated rings. The van der Waals surface area contributed by atoms with E-state index in [1.807, 2.05) is 0 Å². The molecule has 0 aliphatic carbocycles. The van der Waals surface area contributed by atoms with Crippen molar-refractivity contribution >= 4 is 57.2 Å². The SMILES string of the molecule is O=C(N[C@@H](CSSC[C@H](NC(=O)c1ccccc1)C(=O)ON1C(=O)CCC1=O)C(=O)O)c1ccccc1. The standard InChI is InChI=1S/C24H23N3O8S2/c28-19-11-12-20(29)27(19)35-24(34)18(26-22(31)16-9-5-2-6-10-16)14-37-36-13-17(23(32)33)25-21(30)15-7-3-1-4-8-15/h1-10,17-18H,11-14H2,(H,25,30)(H,26,31)(H,32,33)/t17-,18-/m0/s1. The third-order valence-electron chi connectivity index (χ3n) is 5.00. The lowest BCUT2D eigenvalue weighted by Crippen LogP contribution is -2.46. The summed E-state index contributed by atoms with van der Waals surface area (Å²) in [5, 5.41) is 14.8. The smallest absolute Gasteiger partial charge is 0.356 e. The number of carbonyl (C=O) groups excluding carboxylic acids is 5. The minimum absolute atomic E-state index is 0.0456. The number of imide groups is 1. The first kappa shape index (κ1) is 27.7. The molecule has 1 aliphatic heterocycles. The lowest BCUT2D eigenvalue weighted by atomic mass is 10.2. The first-order valence-corrected chi connectivity index (χ1v) is 13.5. The van der Waals surface area contributed by atoms with Crippen LogP contribution in [0.25, 0.3) is 0 Å². The van der Waals surface area contributed by atoms with Crippen molar-refractivity contribution in [2.75, 3.05) is 11.5 Å². The molecule has 194 valence electrons. The molecule has 3 N–H and O–H groups in total. The van der Waals surface area contributed by atoms with Crippen LogP contribution in [-0.4, -0.2) is 69.3 Å². The maximum Gasteiger partial charge on any atom is 0.356 e. The van der Waals surface area contributed by atoms with E-state index >= 15 is 0 Å². The number of nitrogens with one attached hydrogen (secondary N) is 2. The van der Waals surface area contributed by atoms with Crippen molar-refractivity contribution in [3.63, 3.8) is 0 Å². The third-order valence-corrected chi connectivity index (χ3v) is 7.43. The van der Waals surface area contributed by atoms with Crippen LogP contribution in [0.15, 0.2) is 60.7 Å². The minimum atomic E-state index is -1.26. The molecule has 0 saturated carbocycles. The van der Waals surface area contributed by atoms with E-state index in [1.165, 1.54) is 0 Å². The molecule has 1 saturated heterocycles. The number of carboxylic acids is 1. The second-order valence-electron chi connectivity index (χ2n) is 7.68. The lowest BCUT2D eigenvalue weighted by molar-refractivity contribution is -0.198. The second kappa shape index (κ2) is 13.5. The third kappa shape index (κ3) is 8.08. The van der Waals surface area contributed by atoms with Gasteiger partial charge in [-0.05, 0) is 24.3 Å². The Bertz CT molecular complexity index is 1150. The first-order valence-electron chi connectivity index (χ1n) is 11.0. The molecule has 0 unspecified atom stereocenters. The Hall–Kier alpha value is -3.84. The van der Waals surface area contributed by atoms with Crippen molar-refractivity contribution < 1.29 is 38.7 Å². The monoisotopic (exact) mass is 545 g/mol. The Morgan fingerprint density at radius 1 is 0.784 bits per heavy atom. The highest BCUT2D eigenvalue weighted by molar-refractivity contribution is 8.76. The number of rotatable bonds is 12. The van der Waals surface area contributed by atoms with Crippen LogP contribution < -0.4 is 10.6 Å². The van der Waals surface area contributed by atoms with Crippen LogP contribution in [0, 0.1) is 0 Å². The number of carbonyl (C=O) groups is 6. The van der Waals surface area contributed by atoms with Crippen LogP contribution in [0.1, 0.15) is 33.6 Å².